The highest BCUT2D eigenvalue weighted by atomic mass is 16.6. The zero-order chi connectivity index (χ0) is 10.1. The predicted molar refractivity (Wildman–Crippen MR) is 49.3 cm³/mol. The number of nitrogens with zero attached hydrogens (tertiary/aromatic N) is 2. The molecule has 1 N–H and O–H groups in total. The molecule has 0 aliphatic heterocycles. The van der Waals surface area contributed by atoms with Crippen molar-refractivity contribution in [3.8, 4) is 5.75 Å². The highest BCUT2D eigenvalue weighted by molar-refractivity contribution is 5.91. The summed E-state index contributed by atoms with van der Waals surface area (Å²) in [6, 6.07) is 2.94. The molecule has 0 bridgehead atoms. The number of nitro benzene ring substituents is 1. The van der Waals surface area contributed by atoms with Gasteiger partial charge in [-0.25, -0.2) is 0 Å². The van der Waals surface area contributed by atoms with Gasteiger partial charge in [0.05, 0.1) is 23.6 Å². The van der Waals surface area contributed by atoms with Crippen LogP contribution in [0.2, 0.25) is 0 Å². The van der Waals surface area contributed by atoms with E-state index in [1.807, 2.05) is 0 Å². The molecule has 1 aromatic heterocycles. The zero-order valence-corrected chi connectivity index (χ0v) is 7.35. The van der Waals surface area contributed by atoms with Crippen molar-refractivity contribution in [1.82, 2.24) is 10.2 Å². The molecule has 0 fully saturated rings. The lowest BCUT2D eigenvalue weighted by molar-refractivity contribution is -0.383. The molecule has 0 amide bonds. The van der Waals surface area contributed by atoms with Crippen molar-refractivity contribution >= 4 is 16.6 Å². The van der Waals surface area contributed by atoms with Crippen LogP contribution in [0, 0.1) is 10.1 Å². The van der Waals surface area contributed by atoms with Crippen molar-refractivity contribution < 1.29 is 9.66 Å². The fourth-order valence-corrected chi connectivity index (χ4v) is 1.33. The van der Waals surface area contributed by atoms with Gasteiger partial charge in [0.15, 0.2) is 0 Å². The smallest absolute Gasteiger partial charge is 0.295 e. The Bertz CT molecular complexity index is 492. The minimum absolute atomic E-state index is 0.00157. The van der Waals surface area contributed by atoms with E-state index >= 15 is 0 Å². The standard InChI is InChI=1S/C8H7N3O3/c1-14-7-3-2-6(11(12)13)8-5(7)4-9-10-8/h2-4H,1H3,(H,9,10). The SMILES string of the molecule is COc1ccc([N+](=O)[O-])c2[nH]ncc12. The van der Waals surface area contributed by atoms with Crippen LogP contribution in [0.25, 0.3) is 10.9 Å². The number of rotatable bonds is 2. The maximum Gasteiger partial charge on any atom is 0.295 e. The van der Waals surface area contributed by atoms with Gasteiger partial charge in [-0.05, 0) is 6.07 Å². The first kappa shape index (κ1) is 8.49. The Balaban J connectivity index is 2.78. The average Bonchev–Trinajstić information content (AvgIpc) is 2.64. The molecule has 14 heavy (non-hydrogen) atoms. The van der Waals surface area contributed by atoms with Crippen LogP contribution >= 0.6 is 0 Å². The number of ether oxygens (including phenoxy) is 1. The van der Waals surface area contributed by atoms with E-state index < -0.39 is 4.92 Å². The minimum atomic E-state index is -0.458. The molecule has 2 rings (SSSR count). The molecule has 72 valence electrons. The molecular weight excluding hydrogens is 186 g/mol. The predicted octanol–water partition coefficient (Wildman–Crippen LogP) is 1.48. The summed E-state index contributed by atoms with van der Waals surface area (Å²) in [5, 5.41) is 17.6. The van der Waals surface area contributed by atoms with Crippen molar-refractivity contribution in [3.63, 3.8) is 0 Å². The van der Waals surface area contributed by atoms with Crippen LogP contribution < -0.4 is 4.74 Å². The number of H-pyrrole nitrogens is 1. The highest BCUT2D eigenvalue weighted by Crippen LogP contribution is 2.30. The number of hydrogen-bond donors (Lipinski definition) is 1. The summed E-state index contributed by atoms with van der Waals surface area (Å²) in [5.41, 5.74) is 0.382. The van der Waals surface area contributed by atoms with E-state index in [0.717, 1.165) is 0 Å². The fourth-order valence-electron chi connectivity index (χ4n) is 1.33. The van der Waals surface area contributed by atoms with Crippen molar-refractivity contribution in [2.75, 3.05) is 7.11 Å². The Morgan fingerprint density at radius 2 is 2.36 bits per heavy atom. The van der Waals surface area contributed by atoms with E-state index in [1.165, 1.54) is 19.4 Å². The lowest BCUT2D eigenvalue weighted by atomic mass is 10.2. The van der Waals surface area contributed by atoms with Gasteiger partial charge in [0.25, 0.3) is 5.69 Å². The highest BCUT2D eigenvalue weighted by Gasteiger charge is 2.15. The van der Waals surface area contributed by atoms with E-state index in [4.69, 9.17) is 4.74 Å². The largest absolute Gasteiger partial charge is 0.496 e. The number of benzene rings is 1. The number of hydrogen-bond acceptors (Lipinski definition) is 4. The maximum absolute atomic E-state index is 10.6. The van der Waals surface area contributed by atoms with Crippen LogP contribution in [0.5, 0.6) is 5.75 Å². The summed E-state index contributed by atoms with van der Waals surface area (Å²) >= 11 is 0. The Morgan fingerprint density at radius 3 is 3.00 bits per heavy atom. The van der Waals surface area contributed by atoms with Crippen LogP contribution in [-0.2, 0) is 0 Å². The van der Waals surface area contributed by atoms with Crippen LogP contribution in [0.3, 0.4) is 0 Å². The molecule has 0 saturated carbocycles. The maximum atomic E-state index is 10.6. The lowest BCUT2D eigenvalue weighted by Crippen LogP contribution is -1.91. The molecule has 0 saturated heterocycles. The van der Waals surface area contributed by atoms with Crippen LogP contribution in [0.4, 0.5) is 5.69 Å². The minimum Gasteiger partial charge on any atom is -0.496 e. The number of aromatic nitrogens is 2. The molecular formula is C8H7N3O3. The van der Waals surface area contributed by atoms with Gasteiger partial charge in [-0.2, -0.15) is 5.10 Å². The molecule has 0 atom stereocenters. The Kier molecular flexibility index (Phi) is 1.81. The summed E-state index contributed by atoms with van der Waals surface area (Å²) in [6.07, 6.45) is 1.50. The summed E-state index contributed by atoms with van der Waals surface area (Å²) in [4.78, 5) is 10.2. The van der Waals surface area contributed by atoms with Gasteiger partial charge in [-0.15, -0.1) is 0 Å². The van der Waals surface area contributed by atoms with Gasteiger partial charge in [-0.3, -0.25) is 15.2 Å². The van der Waals surface area contributed by atoms with Gasteiger partial charge in [0.2, 0.25) is 0 Å². The summed E-state index contributed by atoms with van der Waals surface area (Å²) < 4.78 is 5.04. The molecule has 0 spiro atoms. The third-order valence-electron chi connectivity index (χ3n) is 1.97. The van der Waals surface area contributed by atoms with Crippen LogP contribution in [0.15, 0.2) is 18.3 Å². The van der Waals surface area contributed by atoms with Gasteiger partial charge in [0, 0.05) is 6.07 Å². The molecule has 0 radical (unpaired) electrons. The van der Waals surface area contributed by atoms with Gasteiger partial charge in [0.1, 0.15) is 11.3 Å². The first-order valence-electron chi connectivity index (χ1n) is 3.88. The number of nitrogens with one attached hydrogen (secondary N) is 1. The van der Waals surface area contributed by atoms with Crippen molar-refractivity contribution in [1.29, 1.82) is 0 Å². The van der Waals surface area contributed by atoms with Crippen LogP contribution in [0.1, 0.15) is 0 Å². The number of fused-ring (bicyclic) bond motifs is 1. The topological polar surface area (TPSA) is 81.0 Å². The number of aromatic amines is 1. The second-order valence-corrected chi connectivity index (χ2v) is 2.70. The Morgan fingerprint density at radius 1 is 1.57 bits per heavy atom. The number of nitro groups is 1. The van der Waals surface area contributed by atoms with E-state index in [9.17, 15) is 10.1 Å². The molecule has 0 aliphatic rings. The van der Waals surface area contributed by atoms with Crippen molar-refractivity contribution in [2.24, 2.45) is 0 Å². The Hall–Kier alpha value is -2.11. The van der Waals surface area contributed by atoms with E-state index in [1.54, 1.807) is 6.07 Å². The first-order chi connectivity index (χ1) is 6.74. The third-order valence-corrected chi connectivity index (χ3v) is 1.97. The lowest BCUT2D eigenvalue weighted by Gasteiger charge is -2.00. The van der Waals surface area contributed by atoms with Gasteiger partial charge in [-0.1, -0.05) is 0 Å². The molecule has 2 aromatic rings. The fraction of sp³-hybridized carbons (Fsp3) is 0.125. The second-order valence-electron chi connectivity index (χ2n) is 2.70. The molecule has 1 aromatic carbocycles. The molecule has 1 heterocycles. The molecule has 0 unspecified atom stereocenters. The van der Waals surface area contributed by atoms with Gasteiger partial charge < -0.3 is 4.74 Å². The number of non-ortho nitro benzene ring substituents is 1. The first-order valence-corrected chi connectivity index (χ1v) is 3.88. The molecule has 6 heteroatoms. The van der Waals surface area contributed by atoms with E-state index in [2.05, 4.69) is 10.2 Å². The zero-order valence-electron chi connectivity index (χ0n) is 7.35. The summed E-state index contributed by atoms with van der Waals surface area (Å²) in [5.74, 6) is 0.569. The van der Waals surface area contributed by atoms with Crippen molar-refractivity contribution in [3.05, 3.63) is 28.4 Å². The third kappa shape index (κ3) is 1.08. The average molecular weight is 193 g/mol. The van der Waals surface area contributed by atoms with Crippen molar-refractivity contribution in [2.45, 2.75) is 0 Å². The summed E-state index contributed by atoms with van der Waals surface area (Å²) in [6.45, 7) is 0. The second kappa shape index (κ2) is 2.99. The van der Waals surface area contributed by atoms with Crippen LogP contribution in [-0.4, -0.2) is 22.2 Å². The molecule has 6 nitrogen and oxygen atoms in total. The van der Waals surface area contributed by atoms with Gasteiger partial charge >= 0.3 is 0 Å². The number of methoxy groups -OCH3 is 1. The quantitative estimate of drug-likeness (QED) is 0.578. The Labute approximate surface area is 78.6 Å². The normalized spacial score (nSPS) is 10.4. The van der Waals surface area contributed by atoms with E-state index in [-0.39, 0.29) is 5.69 Å². The van der Waals surface area contributed by atoms with E-state index in [0.29, 0.717) is 16.7 Å². The summed E-state index contributed by atoms with van der Waals surface area (Å²) in [7, 11) is 1.51. The monoisotopic (exact) mass is 193 g/mol. The molecule has 0 aliphatic carbocycles.